The van der Waals surface area contributed by atoms with Gasteiger partial charge in [0.05, 0.1) is 10.6 Å². The Morgan fingerprint density at radius 3 is 2.83 bits per heavy atom. The van der Waals surface area contributed by atoms with Crippen molar-refractivity contribution in [3.63, 3.8) is 0 Å². The molecular formula is C16H12N2O4S2. The second kappa shape index (κ2) is 7.24. The van der Waals surface area contributed by atoms with E-state index in [0.29, 0.717) is 21.5 Å². The number of aliphatic carboxylic acids is 1. The van der Waals surface area contributed by atoms with E-state index in [4.69, 9.17) is 9.84 Å². The Labute approximate surface area is 145 Å². The maximum atomic E-state index is 12.0. The third kappa shape index (κ3) is 3.98. The van der Waals surface area contributed by atoms with Crippen molar-refractivity contribution in [3.05, 3.63) is 52.0 Å². The van der Waals surface area contributed by atoms with E-state index in [1.807, 2.05) is 22.9 Å². The molecule has 3 rings (SSSR count). The van der Waals surface area contributed by atoms with Gasteiger partial charge in [0.2, 0.25) is 0 Å². The number of carbonyl (C=O) groups is 2. The van der Waals surface area contributed by atoms with E-state index < -0.39 is 12.6 Å². The van der Waals surface area contributed by atoms with Crippen LogP contribution in [0.5, 0.6) is 5.75 Å². The minimum atomic E-state index is -1.03. The minimum absolute atomic E-state index is 0.190. The summed E-state index contributed by atoms with van der Waals surface area (Å²) in [5, 5.41) is 15.6. The molecule has 1 aromatic carbocycles. The van der Waals surface area contributed by atoms with Crippen LogP contribution >= 0.6 is 22.7 Å². The highest BCUT2D eigenvalue weighted by Gasteiger charge is 2.11. The molecule has 0 unspecified atom stereocenters. The van der Waals surface area contributed by atoms with Crippen molar-refractivity contribution < 1.29 is 19.4 Å². The maximum absolute atomic E-state index is 12.0. The normalized spacial score (nSPS) is 10.3. The third-order valence-electron chi connectivity index (χ3n) is 2.96. The topological polar surface area (TPSA) is 88.5 Å². The Morgan fingerprint density at radius 2 is 2.08 bits per heavy atom. The zero-order chi connectivity index (χ0) is 16.9. The number of thiophene rings is 1. The van der Waals surface area contributed by atoms with E-state index in [0.717, 1.165) is 5.56 Å². The maximum Gasteiger partial charge on any atom is 0.341 e. The molecular weight excluding hydrogens is 348 g/mol. The fourth-order valence-electron chi connectivity index (χ4n) is 1.92. The van der Waals surface area contributed by atoms with Crippen LogP contribution in [0.1, 0.15) is 9.67 Å². The molecule has 6 nitrogen and oxygen atoms in total. The molecule has 8 heteroatoms. The smallest absolute Gasteiger partial charge is 0.341 e. The molecule has 122 valence electrons. The van der Waals surface area contributed by atoms with Gasteiger partial charge in [0, 0.05) is 10.9 Å². The van der Waals surface area contributed by atoms with Crippen LogP contribution in [0.25, 0.3) is 11.3 Å². The van der Waals surface area contributed by atoms with Crippen LogP contribution < -0.4 is 10.1 Å². The quantitative estimate of drug-likeness (QED) is 0.701. The number of hydrogen-bond donors (Lipinski definition) is 2. The van der Waals surface area contributed by atoms with E-state index in [1.54, 1.807) is 24.3 Å². The number of carboxylic acids is 1. The highest BCUT2D eigenvalue weighted by Crippen LogP contribution is 2.28. The summed E-state index contributed by atoms with van der Waals surface area (Å²) in [6.07, 6.45) is 0. The number of carbonyl (C=O) groups excluding carboxylic acids is 1. The molecule has 0 saturated carbocycles. The number of amides is 1. The molecule has 0 radical (unpaired) electrons. The lowest BCUT2D eigenvalue weighted by Gasteiger charge is -2.04. The van der Waals surface area contributed by atoms with Gasteiger partial charge in [0.25, 0.3) is 5.91 Å². The van der Waals surface area contributed by atoms with Gasteiger partial charge in [-0.3, -0.25) is 10.1 Å². The third-order valence-corrected chi connectivity index (χ3v) is 4.59. The summed E-state index contributed by atoms with van der Waals surface area (Å²) in [6, 6.07) is 10.6. The summed E-state index contributed by atoms with van der Waals surface area (Å²) < 4.78 is 5.16. The minimum Gasteiger partial charge on any atom is -0.482 e. The molecule has 0 saturated heterocycles. The van der Waals surface area contributed by atoms with Crippen molar-refractivity contribution in [1.29, 1.82) is 0 Å². The molecule has 1 amide bonds. The highest BCUT2D eigenvalue weighted by atomic mass is 32.1. The summed E-state index contributed by atoms with van der Waals surface area (Å²) in [6.45, 7) is -0.400. The fraction of sp³-hybridized carbons (Fsp3) is 0.0625. The first-order valence-corrected chi connectivity index (χ1v) is 8.63. The van der Waals surface area contributed by atoms with E-state index in [-0.39, 0.29) is 5.91 Å². The molecule has 3 aromatic rings. The molecule has 0 aliphatic carbocycles. The van der Waals surface area contributed by atoms with Crippen LogP contribution in [0.4, 0.5) is 5.13 Å². The SMILES string of the molecule is O=C(O)COc1cccc(-c2csc(NC(=O)c3cccs3)n2)c1. The molecule has 2 heterocycles. The number of thiazole rings is 1. The fourth-order valence-corrected chi connectivity index (χ4v) is 3.25. The van der Waals surface area contributed by atoms with E-state index in [1.165, 1.54) is 22.7 Å². The summed E-state index contributed by atoms with van der Waals surface area (Å²) in [7, 11) is 0. The molecule has 0 fully saturated rings. The van der Waals surface area contributed by atoms with Gasteiger partial charge in [-0.2, -0.15) is 0 Å². The number of anilines is 1. The Kier molecular flexibility index (Phi) is 4.88. The molecule has 0 bridgehead atoms. The van der Waals surface area contributed by atoms with E-state index in [2.05, 4.69) is 10.3 Å². The van der Waals surface area contributed by atoms with E-state index >= 15 is 0 Å². The van der Waals surface area contributed by atoms with Gasteiger partial charge in [-0.25, -0.2) is 9.78 Å². The first kappa shape index (κ1) is 16.2. The van der Waals surface area contributed by atoms with Crippen LogP contribution in [0.15, 0.2) is 47.2 Å². The van der Waals surface area contributed by atoms with Crippen molar-refractivity contribution in [2.45, 2.75) is 0 Å². The molecule has 0 atom stereocenters. The Morgan fingerprint density at radius 1 is 1.21 bits per heavy atom. The lowest BCUT2D eigenvalue weighted by molar-refractivity contribution is -0.139. The molecule has 2 aromatic heterocycles. The summed E-state index contributed by atoms with van der Waals surface area (Å²) >= 11 is 2.68. The zero-order valence-corrected chi connectivity index (χ0v) is 13.9. The number of rotatable bonds is 6. The summed E-state index contributed by atoms with van der Waals surface area (Å²) in [4.78, 5) is 27.6. The van der Waals surface area contributed by atoms with Crippen LogP contribution in [0, 0.1) is 0 Å². The number of benzene rings is 1. The van der Waals surface area contributed by atoms with Gasteiger partial charge in [-0.05, 0) is 23.6 Å². The zero-order valence-electron chi connectivity index (χ0n) is 12.3. The number of hydrogen-bond acceptors (Lipinski definition) is 6. The Hall–Kier alpha value is -2.71. The van der Waals surface area contributed by atoms with Crippen LogP contribution in [0.3, 0.4) is 0 Å². The van der Waals surface area contributed by atoms with Gasteiger partial charge >= 0.3 is 5.97 Å². The second-order valence-corrected chi connectivity index (χ2v) is 6.49. The Balaban J connectivity index is 1.72. The number of nitrogens with zero attached hydrogens (tertiary/aromatic N) is 1. The second-order valence-electron chi connectivity index (χ2n) is 4.68. The standard InChI is InChI=1S/C16H12N2O4S2/c19-14(20)8-22-11-4-1-3-10(7-11)12-9-24-16(17-12)18-15(21)13-5-2-6-23-13/h1-7,9H,8H2,(H,19,20)(H,17,18,21). The average molecular weight is 360 g/mol. The summed E-state index contributed by atoms with van der Waals surface area (Å²) in [5.74, 6) is -0.774. The first-order chi connectivity index (χ1) is 11.6. The average Bonchev–Trinajstić information content (AvgIpc) is 3.25. The van der Waals surface area contributed by atoms with Crippen molar-refractivity contribution >= 4 is 39.7 Å². The van der Waals surface area contributed by atoms with Crippen LogP contribution in [0.2, 0.25) is 0 Å². The van der Waals surface area contributed by atoms with Gasteiger partial charge in [-0.1, -0.05) is 18.2 Å². The molecule has 2 N–H and O–H groups in total. The van der Waals surface area contributed by atoms with Crippen molar-refractivity contribution in [2.75, 3.05) is 11.9 Å². The largest absolute Gasteiger partial charge is 0.482 e. The van der Waals surface area contributed by atoms with Crippen molar-refractivity contribution in [2.24, 2.45) is 0 Å². The highest BCUT2D eigenvalue weighted by molar-refractivity contribution is 7.14. The number of ether oxygens (including phenoxy) is 1. The van der Waals surface area contributed by atoms with Crippen LogP contribution in [-0.4, -0.2) is 28.6 Å². The number of aromatic nitrogens is 1. The van der Waals surface area contributed by atoms with Gasteiger partial charge < -0.3 is 9.84 Å². The predicted molar refractivity (Wildman–Crippen MR) is 93.0 cm³/mol. The summed E-state index contributed by atoms with van der Waals surface area (Å²) in [5.41, 5.74) is 1.47. The molecule has 24 heavy (non-hydrogen) atoms. The van der Waals surface area contributed by atoms with Gasteiger partial charge in [0.15, 0.2) is 11.7 Å². The molecule has 0 spiro atoms. The molecule has 0 aliphatic rings. The van der Waals surface area contributed by atoms with Gasteiger partial charge in [-0.15, -0.1) is 22.7 Å². The monoisotopic (exact) mass is 360 g/mol. The van der Waals surface area contributed by atoms with E-state index in [9.17, 15) is 9.59 Å². The lowest BCUT2D eigenvalue weighted by Crippen LogP contribution is -2.09. The lowest BCUT2D eigenvalue weighted by atomic mass is 10.2. The number of nitrogens with one attached hydrogen (secondary N) is 1. The molecule has 0 aliphatic heterocycles. The van der Waals surface area contributed by atoms with Gasteiger partial charge in [0.1, 0.15) is 5.75 Å². The first-order valence-electron chi connectivity index (χ1n) is 6.87. The van der Waals surface area contributed by atoms with Crippen molar-refractivity contribution in [3.8, 4) is 17.0 Å². The number of carboxylic acid groups (broad SMARTS) is 1. The predicted octanol–water partition coefficient (Wildman–Crippen LogP) is 3.59. The Bertz CT molecular complexity index is 859. The van der Waals surface area contributed by atoms with Crippen molar-refractivity contribution in [1.82, 2.24) is 4.98 Å². The van der Waals surface area contributed by atoms with Crippen LogP contribution in [-0.2, 0) is 4.79 Å².